The first-order valence-electron chi connectivity index (χ1n) is 4.19. The van der Waals surface area contributed by atoms with E-state index in [9.17, 15) is 0 Å². The zero-order valence-corrected chi connectivity index (χ0v) is 8.45. The van der Waals surface area contributed by atoms with Crippen molar-refractivity contribution in [1.29, 1.82) is 10.5 Å². The standard InChI is InChI=1S/C11H5N3S/c12-4-8-3-9(7-14-6-8)11-2-1-10(5-13)15-11/h1-3,6-7H. The highest BCUT2D eigenvalue weighted by Gasteiger charge is 2.03. The molecule has 0 saturated carbocycles. The van der Waals surface area contributed by atoms with Crippen molar-refractivity contribution in [2.24, 2.45) is 0 Å². The van der Waals surface area contributed by atoms with E-state index in [1.165, 1.54) is 17.5 Å². The Balaban J connectivity index is 2.46. The van der Waals surface area contributed by atoms with Gasteiger partial charge in [-0.3, -0.25) is 4.98 Å². The number of rotatable bonds is 1. The average molecular weight is 211 g/mol. The van der Waals surface area contributed by atoms with Crippen LogP contribution in [0.25, 0.3) is 10.4 Å². The second kappa shape index (κ2) is 3.91. The molecule has 0 fully saturated rings. The number of hydrogen-bond acceptors (Lipinski definition) is 4. The van der Waals surface area contributed by atoms with Crippen molar-refractivity contribution in [2.75, 3.05) is 0 Å². The number of nitriles is 2. The van der Waals surface area contributed by atoms with Gasteiger partial charge in [0, 0.05) is 22.8 Å². The fourth-order valence-electron chi connectivity index (χ4n) is 1.19. The number of thiophene rings is 1. The summed E-state index contributed by atoms with van der Waals surface area (Å²) >= 11 is 1.39. The Labute approximate surface area is 90.9 Å². The van der Waals surface area contributed by atoms with Crippen molar-refractivity contribution in [3.8, 4) is 22.6 Å². The van der Waals surface area contributed by atoms with Crippen LogP contribution in [0.2, 0.25) is 0 Å². The summed E-state index contributed by atoms with van der Waals surface area (Å²) in [6.07, 6.45) is 3.20. The first-order chi connectivity index (χ1) is 7.33. The molecule has 0 radical (unpaired) electrons. The predicted molar refractivity (Wildman–Crippen MR) is 57.0 cm³/mol. The van der Waals surface area contributed by atoms with Gasteiger partial charge >= 0.3 is 0 Å². The van der Waals surface area contributed by atoms with E-state index in [0.717, 1.165) is 10.4 Å². The van der Waals surface area contributed by atoms with E-state index >= 15 is 0 Å². The molecule has 0 spiro atoms. The molecule has 0 aliphatic rings. The second-order valence-electron chi connectivity index (χ2n) is 2.85. The Kier molecular flexibility index (Phi) is 2.45. The van der Waals surface area contributed by atoms with Crippen molar-refractivity contribution in [3.05, 3.63) is 41.0 Å². The van der Waals surface area contributed by atoms with Crippen LogP contribution >= 0.6 is 11.3 Å². The minimum atomic E-state index is 0.527. The molecule has 2 aromatic heterocycles. The van der Waals surface area contributed by atoms with Crippen LogP contribution in [-0.4, -0.2) is 4.98 Å². The van der Waals surface area contributed by atoms with Crippen molar-refractivity contribution in [3.63, 3.8) is 0 Å². The predicted octanol–water partition coefficient (Wildman–Crippen LogP) is 2.55. The highest BCUT2D eigenvalue weighted by atomic mass is 32.1. The zero-order valence-electron chi connectivity index (χ0n) is 7.64. The van der Waals surface area contributed by atoms with Crippen LogP contribution in [0.5, 0.6) is 0 Å². The van der Waals surface area contributed by atoms with Gasteiger partial charge in [-0.15, -0.1) is 11.3 Å². The third-order valence-electron chi connectivity index (χ3n) is 1.87. The summed E-state index contributed by atoms with van der Waals surface area (Å²) < 4.78 is 0. The van der Waals surface area contributed by atoms with Crippen LogP contribution in [0, 0.1) is 22.7 Å². The van der Waals surface area contributed by atoms with Crippen molar-refractivity contribution < 1.29 is 0 Å². The lowest BCUT2D eigenvalue weighted by molar-refractivity contribution is 1.31. The molecule has 0 unspecified atom stereocenters. The van der Waals surface area contributed by atoms with E-state index in [0.29, 0.717) is 10.4 Å². The van der Waals surface area contributed by atoms with E-state index in [4.69, 9.17) is 10.5 Å². The van der Waals surface area contributed by atoms with E-state index in [-0.39, 0.29) is 0 Å². The maximum absolute atomic E-state index is 8.72. The molecule has 2 aromatic rings. The Morgan fingerprint density at radius 2 is 2.00 bits per heavy atom. The minimum Gasteiger partial charge on any atom is -0.263 e. The molecule has 2 heterocycles. The highest BCUT2D eigenvalue weighted by molar-refractivity contribution is 7.16. The van der Waals surface area contributed by atoms with Crippen molar-refractivity contribution in [2.45, 2.75) is 0 Å². The summed E-state index contributed by atoms with van der Waals surface area (Å²) in [6.45, 7) is 0. The second-order valence-corrected chi connectivity index (χ2v) is 3.93. The zero-order chi connectivity index (χ0) is 10.7. The third kappa shape index (κ3) is 1.85. The van der Waals surface area contributed by atoms with Gasteiger partial charge < -0.3 is 0 Å². The molecule has 3 nitrogen and oxygen atoms in total. The van der Waals surface area contributed by atoms with Gasteiger partial charge in [0.15, 0.2) is 0 Å². The fraction of sp³-hybridized carbons (Fsp3) is 0. The van der Waals surface area contributed by atoms with Crippen LogP contribution in [0.4, 0.5) is 0 Å². The quantitative estimate of drug-likeness (QED) is 0.728. The number of aromatic nitrogens is 1. The molecule has 0 bridgehead atoms. The summed E-state index contributed by atoms with van der Waals surface area (Å²) in [6, 6.07) is 9.50. The van der Waals surface area contributed by atoms with Crippen LogP contribution in [0.1, 0.15) is 10.4 Å². The van der Waals surface area contributed by atoms with Gasteiger partial charge in [-0.25, -0.2) is 0 Å². The van der Waals surface area contributed by atoms with Crippen molar-refractivity contribution >= 4 is 11.3 Å². The molecule has 2 rings (SSSR count). The molecule has 0 saturated heterocycles. The molecular weight excluding hydrogens is 206 g/mol. The van der Waals surface area contributed by atoms with Gasteiger partial charge in [-0.2, -0.15) is 10.5 Å². The van der Waals surface area contributed by atoms with Crippen LogP contribution in [-0.2, 0) is 0 Å². The van der Waals surface area contributed by atoms with Gasteiger partial charge in [0.25, 0.3) is 0 Å². The highest BCUT2D eigenvalue weighted by Crippen LogP contribution is 2.27. The van der Waals surface area contributed by atoms with Crippen LogP contribution < -0.4 is 0 Å². The van der Waals surface area contributed by atoms with Gasteiger partial charge in [0.1, 0.15) is 17.0 Å². The van der Waals surface area contributed by atoms with Crippen LogP contribution in [0.3, 0.4) is 0 Å². The van der Waals surface area contributed by atoms with Gasteiger partial charge in [-0.05, 0) is 18.2 Å². The van der Waals surface area contributed by atoms with Crippen molar-refractivity contribution in [1.82, 2.24) is 4.98 Å². The molecule has 15 heavy (non-hydrogen) atoms. The molecule has 70 valence electrons. The monoisotopic (exact) mass is 211 g/mol. The number of hydrogen-bond donors (Lipinski definition) is 0. The summed E-state index contributed by atoms with van der Waals surface area (Å²) in [4.78, 5) is 5.58. The maximum atomic E-state index is 8.72. The lowest BCUT2D eigenvalue weighted by Gasteiger charge is -1.95. The first kappa shape index (κ1) is 9.39. The topological polar surface area (TPSA) is 60.5 Å². The number of pyridine rings is 1. The SMILES string of the molecule is N#Cc1cncc(-c2ccc(C#N)s2)c1. The Morgan fingerprint density at radius 1 is 1.13 bits per heavy atom. The summed E-state index contributed by atoms with van der Waals surface area (Å²) in [5.74, 6) is 0. The number of nitrogens with zero attached hydrogens (tertiary/aromatic N) is 3. The summed E-state index contributed by atoms with van der Waals surface area (Å²) in [5, 5.41) is 17.4. The normalized spacial score (nSPS) is 9.20. The minimum absolute atomic E-state index is 0.527. The molecule has 0 N–H and O–H groups in total. The summed E-state index contributed by atoms with van der Waals surface area (Å²) in [7, 11) is 0. The van der Waals surface area contributed by atoms with Gasteiger partial charge in [0.05, 0.1) is 5.56 Å². The molecule has 0 amide bonds. The lowest BCUT2D eigenvalue weighted by atomic mass is 10.2. The van der Waals surface area contributed by atoms with E-state index in [1.54, 1.807) is 18.3 Å². The third-order valence-corrected chi connectivity index (χ3v) is 2.91. The molecule has 4 heteroatoms. The lowest BCUT2D eigenvalue weighted by Crippen LogP contribution is -1.79. The van der Waals surface area contributed by atoms with Gasteiger partial charge in [0.2, 0.25) is 0 Å². The first-order valence-corrected chi connectivity index (χ1v) is 5.00. The molecule has 0 aromatic carbocycles. The Hall–Kier alpha value is -2.17. The van der Waals surface area contributed by atoms with Crippen LogP contribution in [0.15, 0.2) is 30.6 Å². The van der Waals surface area contributed by atoms with E-state index in [1.807, 2.05) is 12.1 Å². The molecule has 0 aliphatic carbocycles. The van der Waals surface area contributed by atoms with Gasteiger partial charge in [-0.1, -0.05) is 0 Å². The van der Waals surface area contributed by atoms with E-state index in [2.05, 4.69) is 11.1 Å². The smallest absolute Gasteiger partial charge is 0.110 e. The maximum Gasteiger partial charge on any atom is 0.110 e. The molecule has 0 aliphatic heterocycles. The largest absolute Gasteiger partial charge is 0.263 e. The van der Waals surface area contributed by atoms with E-state index < -0.39 is 0 Å². The Bertz CT molecular complexity index is 572. The summed E-state index contributed by atoms with van der Waals surface area (Å²) in [5.41, 5.74) is 1.40. The fourth-order valence-corrected chi connectivity index (χ4v) is 1.97. The Morgan fingerprint density at radius 3 is 2.67 bits per heavy atom. The molecular formula is C11H5N3S. The molecule has 0 atom stereocenters. The average Bonchev–Trinajstić information content (AvgIpc) is 2.78.